The smallest absolute Gasteiger partial charge is 0.330 e. The van der Waals surface area contributed by atoms with Crippen molar-refractivity contribution < 1.29 is 4.79 Å². The van der Waals surface area contributed by atoms with Crippen LogP contribution < -0.4 is 16.6 Å². The molecule has 0 bridgehead atoms. The highest BCUT2D eigenvalue weighted by atomic mass is 35.5. The summed E-state index contributed by atoms with van der Waals surface area (Å²) in [6.45, 7) is 12.3. The molecule has 0 unspecified atom stereocenters. The number of hydrogen-bond donors (Lipinski definition) is 2. The number of carbonyl (C=O) groups excluding carboxylic acids is 1. The summed E-state index contributed by atoms with van der Waals surface area (Å²) in [6.07, 6.45) is 0. The number of H-pyrrole nitrogens is 1. The molecule has 2 N–H and O–H groups in total. The van der Waals surface area contributed by atoms with Crippen LogP contribution in [0.25, 0.3) is 11.0 Å². The molecule has 30 heavy (non-hydrogen) atoms. The van der Waals surface area contributed by atoms with Crippen molar-refractivity contribution in [2.24, 2.45) is 5.92 Å². The van der Waals surface area contributed by atoms with Crippen LogP contribution in [0.4, 0.5) is 0 Å². The molecule has 0 saturated carbocycles. The second kappa shape index (κ2) is 10.4. The molecule has 8 nitrogen and oxygen atoms in total. The molecule has 0 radical (unpaired) electrons. The number of carbonyl (C=O) groups is 1. The molecule has 1 aliphatic heterocycles. The molecule has 168 valence electrons. The van der Waals surface area contributed by atoms with Gasteiger partial charge in [0.25, 0.3) is 11.5 Å². The van der Waals surface area contributed by atoms with Gasteiger partial charge in [0, 0.05) is 37.9 Å². The summed E-state index contributed by atoms with van der Waals surface area (Å²) in [5.74, 6) is 0.0467. The monoisotopic (exact) mass is 459 g/mol. The van der Waals surface area contributed by atoms with Gasteiger partial charge in [-0.1, -0.05) is 27.7 Å². The minimum atomic E-state index is -0.561. The van der Waals surface area contributed by atoms with Gasteiger partial charge >= 0.3 is 5.69 Å². The van der Waals surface area contributed by atoms with E-state index in [0.717, 1.165) is 0 Å². The van der Waals surface area contributed by atoms with E-state index in [1.807, 2.05) is 34.6 Å². The molecule has 2 aromatic heterocycles. The number of aromatic amines is 1. The van der Waals surface area contributed by atoms with Crippen molar-refractivity contribution in [3.8, 4) is 0 Å². The van der Waals surface area contributed by atoms with Crippen LogP contribution in [-0.4, -0.2) is 51.0 Å². The topological polar surface area (TPSA) is 100 Å². The molecular weight excluding hydrogens is 429 g/mol. The lowest BCUT2D eigenvalue weighted by molar-refractivity contribution is 0.0657. The average molecular weight is 460 g/mol. The Kier molecular flexibility index (Phi) is 9.07. The lowest BCUT2D eigenvalue weighted by atomic mass is 10.0. The van der Waals surface area contributed by atoms with Gasteiger partial charge in [-0.25, -0.2) is 9.78 Å². The number of aromatic nitrogens is 3. The van der Waals surface area contributed by atoms with E-state index in [2.05, 4.69) is 15.3 Å². The molecule has 1 aliphatic rings. The molecule has 3 rings (SSSR count). The van der Waals surface area contributed by atoms with E-state index < -0.39 is 11.2 Å². The van der Waals surface area contributed by atoms with Crippen molar-refractivity contribution in [1.29, 1.82) is 0 Å². The fourth-order valence-electron chi connectivity index (χ4n) is 3.59. The molecule has 3 heterocycles. The molecule has 0 aliphatic carbocycles. The standard InChI is InChI=1S/C20H29N5O3.2ClH/c1-11(2)10-25-17-16(18(26)23-20(25)28)14(8-15(22-17)12(3)4)19(27)24-7-6-21-9-13(24)5;;/h8,11-13,21H,6-7,9-10H2,1-5H3,(H,23,26,28);2*1H/t13-;;/m0../s1. The second-order valence-corrected chi connectivity index (χ2v) is 8.26. The second-order valence-electron chi connectivity index (χ2n) is 8.26. The third kappa shape index (κ3) is 5.04. The molecule has 1 atom stereocenters. The van der Waals surface area contributed by atoms with Crippen LogP contribution in [0.5, 0.6) is 0 Å². The van der Waals surface area contributed by atoms with Crippen molar-refractivity contribution in [2.75, 3.05) is 19.6 Å². The summed E-state index contributed by atoms with van der Waals surface area (Å²) in [7, 11) is 0. The zero-order valence-electron chi connectivity index (χ0n) is 18.0. The Hall–Kier alpha value is -1.90. The minimum Gasteiger partial charge on any atom is -0.333 e. The summed E-state index contributed by atoms with van der Waals surface area (Å²) in [5, 5.41) is 3.46. The minimum absolute atomic E-state index is 0. The highest BCUT2D eigenvalue weighted by molar-refractivity contribution is 6.05. The van der Waals surface area contributed by atoms with E-state index >= 15 is 0 Å². The van der Waals surface area contributed by atoms with Crippen LogP contribution in [0.1, 0.15) is 56.6 Å². The number of pyridine rings is 1. The van der Waals surface area contributed by atoms with Gasteiger partial charge in [0.15, 0.2) is 5.65 Å². The zero-order valence-corrected chi connectivity index (χ0v) is 19.7. The van der Waals surface area contributed by atoms with Crippen molar-refractivity contribution in [1.82, 2.24) is 24.8 Å². The number of nitrogens with zero attached hydrogens (tertiary/aromatic N) is 3. The Morgan fingerprint density at radius 1 is 1.23 bits per heavy atom. The quantitative estimate of drug-likeness (QED) is 0.729. The molecule has 1 amide bonds. The molecule has 1 fully saturated rings. The van der Waals surface area contributed by atoms with Crippen molar-refractivity contribution in [2.45, 2.75) is 53.1 Å². The van der Waals surface area contributed by atoms with Crippen molar-refractivity contribution in [3.05, 3.63) is 38.2 Å². The van der Waals surface area contributed by atoms with E-state index in [4.69, 9.17) is 0 Å². The number of hydrogen-bond acceptors (Lipinski definition) is 5. The maximum absolute atomic E-state index is 13.4. The lowest BCUT2D eigenvalue weighted by Gasteiger charge is -2.34. The first-order chi connectivity index (χ1) is 13.2. The highest BCUT2D eigenvalue weighted by Gasteiger charge is 2.28. The van der Waals surface area contributed by atoms with Crippen LogP contribution in [0, 0.1) is 5.92 Å². The van der Waals surface area contributed by atoms with Crippen molar-refractivity contribution in [3.63, 3.8) is 0 Å². The number of nitrogens with one attached hydrogen (secondary N) is 2. The van der Waals surface area contributed by atoms with Crippen LogP contribution in [-0.2, 0) is 6.54 Å². The van der Waals surface area contributed by atoms with Gasteiger partial charge in [0.2, 0.25) is 0 Å². The summed E-state index contributed by atoms with van der Waals surface area (Å²) < 4.78 is 1.48. The van der Waals surface area contributed by atoms with E-state index in [0.29, 0.717) is 43.1 Å². The maximum atomic E-state index is 13.4. The number of amides is 1. The molecule has 2 aromatic rings. The van der Waals surface area contributed by atoms with Gasteiger partial charge in [-0.15, -0.1) is 24.8 Å². The first-order valence-corrected chi connectivity index (χ1v) is 9.90. The van der Waals surface area contributed by atoms with Gasteiger partial charge in [0.1, 0.15) is 0 Å². The number of halogens is 2. The largest absolute Gasteiger partial charge is 0.333 e. The van der Waals surface area contributed by atoms with E-state index in [-0.39, 0.29) is 54.0 Å². The number of fused-ring (bicyclic) bond motifs is 1. The maximum Gasteiger partial charge on any atom is 0.330 e. The van der Waals surface area contributed by atoms with E-state index in [1.165, 1.54) is 4.57 Å². The Morgan fingerprint density at radius 3 is 2.47 bits per heavy atom. The first-order valence-electron chi connectivity index (χ1n) is 9.90. The van der Waals surface area contributed by atoms with Crippen LogP contribution in [0.3, 0.4) is 0 Å². The summed E-state index contributed by atoms with van der Waals surface area (Å²) in [6, 6.07) is 1.73. The van der Waals surface area contributed by atoms with Crippen molar-refractivity contribution >= 4 is 41.8 Å². The third-order valence-electron chi connectivity index (χ3n) is 5.10. The summed E-state index contributed by atoms with van der Waals surface area (Å²) in [5.41, 5.74) is 0.254. The summed E-state index contributed by atoms with van der Waals surface area (Å²) in [4.78, 5) is 47.4. The molecule has 0 spiro atoms. The van der Waals surface area contributed by atoms with Gasteiger partial charge in [0.05, 0.1) is 10.9 Å². The van der Waals surface area contributed by atoms with Gasteiger partial charge in [-0.05, 0) is 24.8 Å². The Morgan fingerprint density at radius 2 is 1.90 bits per heavy atom. The SMILES string of the molecule is CC(C)Cn1c(=O)[nH]c(=O)c2c(C(=O)N3CCNC[C@@H]3C)cc(C(C)C)nc21.Cl.Cl. The fourth-order valence-corrected chi connectivity index (χ4v) is 3.59. The average Bonchev–Trinajstić information content (AvgIpc) is 2.63. The predicted molar refractivity (Wildman–Crippen MR) is 123 cm³/mol. The van der Waals surface area contributed by atoms with Gasteiger partial charge in [-0.3, -0.25) is 19.1 Å². The van der Waals surface area contributed by atoms with Gasteiger partial charge in [-0.2, -0.15) is 0 Å². The highest BCUT2D eigenvalue weighted by Crippen LogP contribution is 2.22. The Labute approximate surface area is 188 Å². The van der Waals surface area contributed by atoms with E-state index in [1.54, 1.807) is 11.0 Å². The number of piperazine rings is 1. The van der Waals surface area contributed by atoms with Crippen LogP contribution in [0.15, 0.2) is 15.7 Å². The summed E-state index contributed by atoms with van der Waals surface area (Å²) >= 11 is 0. The van der Waals surface area contributed by atoms with Gasteiger partial charge < -0.3 is 10.2 Å². The van der Waals surface area contributed by atoms with Crippen LogP contribution >= 0.6 is 24.8 Å². The first kappa shape index (κ1) is 26.1. The normalized spacial score (nSPS) is 16.5. The van der Waals surface area contributed by atoms with Crippen LogP contribution in [0.2, 0.25) is 0 Å². The molecule has 10 heteroatoms. The molecule has 0 aromatic carbocycles. The number of rotatable bonds is 4. The zero-order chi connectivity index (χ0) is 20.6. The Balaban J connectivity index is 0.00000225. The molecule has 1 saturated heterocycles. The lowest BCUT2D eigenvalue weighted by Crippen LogP contribution is -2.52. The predicted octanol–water partition coefficient (Wildman–Crippen LogP) is 2.14. The third-order valence-corrected chi connectivity index (χ3v) is 5.10. The molecular formula is C20H31Cl2N5O3. The fraction of sp³-hybridized carbons (Fsp3) is 0.600. The Bertz CT molecular complexity index is 1020. The van der Waals surface area contributed by atoms with E-state index in [9.17, 15) is 14.4 Å².